The molecule has 0 saturated carbocycles. The topological polar surface area (TPSA) is 51.0 Å². The SMILES string of the molecule is CNCc1cc2ccccc2nc1Sc1nc(C)c(C)o1. The molecule has 0 amide bonds. The molecular formula is C16H17N3OS. The molecule has 0 atom stereocenters. The number of nitrogens with zero attached hydrogens (tertiary/aromatic N) is 2. The van der Waals surface area contributed by atoms with Crippen LogP contribution in [0.25, 0.3) is 10.9 Å². The summed E-state index contributed by atoms with van der Waals surface area (Å²) >= 11 is 1.48. The normalized spacial score (nSPS) is 11.2. The summed E-state index contributed by atoms with van der Waals surface area (Å²) in [5.74, 6) is 0.855. The Morgan fingerprint density at radius 3 is 2.71 bits per heavy atom. The van der Waals surface area contributed by atoms with E-state index in [0.29, 0.717) is 5.22 Å². The Morgan fingerprint density at radius 2 is 2.00 bits per heavy atom. The van der Waals surface area contributed by atoms with Gasteiger partial charge in [0.2, 0.25) is 0 Å². The van der Waals surface area contributed by atoms with E-state index in [-0.39, 0.29) is 0 Å². The summed E-state index contributed by atoms with van der Waals surface area (Å²) in [5, 5.41) is 5.91. The van der Waals surface area contributed by atoms with Gasteiger partial charge in [-0.05, 0) is 50.4 Å². The summed E-state index contributed by atoms with van der Waals surface area (Å²) in [6.45, 7) is 4.64. The quantitative estimate of drug-likeness (QED) is 0.796. The summed E-state index contributed by atoms with van der Waals surface area (Å²) in [4.78, 5) is 9.17. The van der Waals surface area contributed by atoms with Crippen molar-refractivity contribution in [1.82, 2.24) is 15.3 Å². The lowest BCUT2D eigenvalue weighted by Crippen LogP contribution is -2.07. The third-order valence-electron chi connectivity index (χ3n) is 3.32. The van der Waals surface area contributed by atoms with Crippen molar-refractivity contribution >= 4 is 22.7 Å². The van der Waals surface area contributed by atoms with E-state index in [2.05, 4.69) is 22.4 Å². The first kappa shape index (κ1) is 14.1. The molecule has 0 radical (unpaired) electrons. The maximum atomic E-state index is 5.65. The van der Waals surface area contributed by atoms with Gasteiger partial charge in [0.1, 0.15) is 10.8 Å². The third-order valence-corrected chi connectivity index (χ3v) is 4.22. The summed E-state index contributed by atoms with van der Waals surface area (Å²) in [6, 6.07) is 10.3. The number of benzene rings is 1. The van der Waals surface area contributed by atoms with Gasteiger partial charge in [-0.15, -0.1) is 0 Å². The van der Waals surface area contributed by atoms with Gasteiger partial charge in [-0.25, -0.2) is 9.97 Å². The summed E-state index contributed by atoms with van der Waals surface area (Å²) in [5.41, 5.74) is 3.06. The molecule has 0 aliphatic heterocycles. The molecule has 0 aliphatic carbocycles. The summed E-state index contributed by atoms with van der Waals surface area (Å²) in [7, 11) is 1.93. The van der Waals surface area contributed by atoms with Crippen molar-refractivity contribution < 1.29 is 4.42 Å². The van der Waals surface area contributed by atoms with Crippen LogP contribution in [-0.4, -0.2) is 17.0 Å². The Morgan fingerprint density at radius 1 is 1.19 bits per heavy atom. The Labute approximate surface area is 128 Å². The number of aryl methyl sites for hydroxylation is 2. The molecule has 0 fully saturated rings. The van der Waals surface area contributed by atoms with Crippen LogP contribution < -0.4 is 5.32 Å². The van der Waals surface area contributed by atoms with Gasteiger partial charge in [-0.2, -0.15) is 0 Å². The van der Waals surface area contributed by atoms with Crippen LogP contribution in [0, 0.1) is 13.8 Å². The van der Waals surface area contributed by atoms with E-state index >= 15 is 0 Å². The molecular weight excluding hydrogens is 282 g/mol. The van der Waals surface area contributed by atoms with Gasteiger partial charge in [0.15, 0.2) is 0 Å². The predicted molar refractivity (Wildman–Crippen MR) is 84.6 cm³/mol. The zero-order valence-electron chi connectivity index (χ0n) is 12.3. The number of para-hydroxylation sites is 1. The van der Waals surface area contributed by atoms with Crippen molar-refractivity contribution in [3.05, 3.63) is 47.3 Å². The molecule has 5 heteroatoms. The van der Waals surface area contributed by atoms with Crippen molar-refractivity contribution in [2.45, 2.75) is 30.6 Å². The molecule has 1 aromatic carbocycles. The number of rotatable bonds is 4. The number of aromatic nitrogens is 2. The van der Waals surface area contributed by atoms with E-state index in [0.717, 1.165) is 39.5 Å². The highest BCUT2D eigenvalue weighted by Gasteiger charge is 2.13. The zero-order valence-corrected chi connectivity index (χ0v) is 13.1. The highest BCUT2D eigenvalue weighted by Crippen LogP contribution is 2.31. The highest BCUT2D eigenvalue weighted by atomic mass is 32.2. The van der Waals surface area contributed by atoms with Crippen LogP contribution in [0.1, 0.15) is 17.0 Å². The number of fused-ring (bicyclic) bond motifs is 1. The molecule has 2 aromatic heterocycles. The fourth-order valence-corrected chi connectivity index (χ4v) is 3.04. The molecule has 0 aliphatic rings. The number of hydrogen-bond acceptors (Lipinski definition) is 5. The molecule has 0 unspecified atom stereocenters. The second-order valence-corrected chi connectivity index (χ2v) is 5.84. The lowest BCUT2D eigenvalue weighted by Gasteiger charge is -2.08. The van der Waals surface area contributed by atoms with Crippen molar-refractivity contribution in [2.24, 2.45) is 0 Å². The van der Waals surface area contributed by atoms with E-state index < -0.39 is 0 Å². The smallest absolute Gasteiger partial charge is 0.262 e. The second-order valence-electron chi connectivity index (χ2n) is 4.90. The molecule has 3 rings (SSSR count). The van der Waals surface area contributed by atoms with Gasteiger partial charge in [0.25, 0.3) is 5.22 Å². The Bertz CT molecular complexity index is 763. The van der Waals surface area contributed by atoms with Gasteiger partial charge in [0.05, 0.1) is 11.2 Å². The summed E-state index contributed by atoms with van der Waals surface area (Å²) < 4.78 is 5.65. The molecule has 4 nitrogen and oxygen atoms in total. The standard InChI is InChI=1S/C16H17N3OS/c1-10-11(2)20-16(18-10)21-15-13(9-17-3)8-12-6-4-5-7-14(12)19-15/h4-8,17H,9H2,1-3H3. The van der Waals surface area contributed by atoms with Gasteiger partial charge in [-0.3, -0.25) is 0 Å². The highest BCUT2D eigenvalue weighted by molar-refractivity contribution is 7.99. The third kappa shape index (κ3) is 2.94. The Balaban J connectivity index is 2.04. The molecule has 108 valence electrons. The van der Waals surface area contributed by atoms with E-state index in [1.54, 1.807) is 0 Å². The van der Waals surface area contributed by atoms with Crippen LogP contribution in [0.15, 0.2) is 45.0 Å². The van der Waals surface area contributed by atoms with Crippen molar-refractivity contribution in [1.29, 1.82) is 0 Å². The molecule has 0 spiro atoms. The van der Waals surface area contributed by atoms with Crippen molar-refractivity contribution in [2.75, 3.05) is 7.05 Å². The molecule has 1 N–H and O–H groups in total. The van der Waals surface area contributed by atoms with E-state index in [1.807, 2.05) is 39.1 Å². The van der Waals surface area contributed by atoms with Gasteiger partial charge in [0, 0.05) is 11.9 Å². The first-order valence-corrected chi connectivity index (χ1v) is 7.64. The van der Waals surface area contributed by atoms with Crippen LogP contribution in [-0.2, 0) is 6.54 Å². The van der Waals surface area contributed by atoms with Crippen LogP contribution in [0.5, 0.6) is 0 Å². The van der Waals surface area contributed by atoms with Crippen molar-refractivity contribution in [3.63, 3.8) is 0 Å². The second kappa shape index (κ2) is 5.87. The van der Waals surface area contributed by atoms with Crippen LogP contribution >= 0.6 is 11.8 Å². The largest absolute Gasteiger partial charge is 0.436 e. The fourth-order valence-electron chi connectivity index (χ4n) is 2.12. The maximum Gasteiger partial charge on any atom is 0.262 e. The zero-order chi connectivity index (χ0) is 14.8. The molecule has 2 heterocycles. The monoisotopic (exact) mass is 299 g/mol. The fraction of sp³-hybridized carbons (Fsp3) is 0.250. The van der Waals surface area contributed by atoms with Gasteiger partial charge < -0.3 is 9.73 Å². The summed E-state index contributed by atoms with van der Waals surface area (Å²) in [6.07, 6.45) is 0. The van der Waals surface area contributed by atoms with Crippen molar-refractivity contribution in [3.8, 4) is 0 Å². The minimum Gasteiger partial charge on any atom is -0.436 e. The predicted octanol–water partition coefficient (Wildman–Crippen LogP) is 3.71. The number of oxazole rings is 1. The number of nitrogens with one attached hydrogen (secondary N) is 1. The molecule has 21 heavy (non-hydrogen) atoms. The molecule has 3 aromatic rings. The minimum atomic E-state index is 0.644. The first-order valence-electron chi connectivity index (χ1n) is 6.82. The Kier molecular flexibility index (Phi) is 3.94. The number of pyridine rings is 1. The molecule has 0 saturated heterocycles. The van der Waals surface area contributed by atoms with Gasteiger partial charge in [-0.1, -0.05) is 18.2 Å². The van der Waals surface area contributed by atoms with E-state index in [9.17, 15) is 0 Å². The van der Waals surface area contributed by atoms with Crippen LogP contribution in [0.2, 0.25) is 0 Å². The number of hydrogen-bond donors (Lipinski definition) is 1. The molecule has 0 bridgehead atoms. The van der Waals surface area contributed by atoms with Crippen LogP contribution in [0.4, 0.5) is 0 Å². The van der Waals surface area contributed by atoms with E-state index in [4.69, 9.17) is 9.40 Å². The van der Waals surface area contributed by atoms with Crippen LogP contribution in [0.3, 0.4) is 0 Å². The Hall–Kier alpha value is -1.85. The van der Waals surface area contributed by atoms with E-state index in [1.165, 1.54) is 11.8 Å². The minimum absolute atomic E-state index is 0.644. The average Bonchev–Trinajstić information content (AvgIpc) is 2.78. The van der Waals surface area contributed by atoms with Gasteiger partial charge >= 0.3 is 0 Å². The average molecular weight is 299 g/mol. The lowest BCUT2D eigenvalue weighted by atomic mass is 10.1. The lowest BCUT2D eigenvalue weighted by molar-refractivity contribution is 0.431. The first-order chi connectivity index (χ1) is 10.2. The maximum absolute atomic E-state index is 5.65.